The van der Waals surface area contributed by atoms with Crippen LogP contribution in [0, 0.1) is 0 Å². The molecule has 0 spiro atoms. The Labute approximate surface area is 175 Å². The average Bonchev–Trinajstić information content (AvgIpc) is 3.17. The molecule has 0 saturated carbocycles. The third kappa shape index (κ3) is 3.95. The molecular formula is C22H17BrN2O4. The molecule has 0 bridgehead atoms. The zero-order valence-corrected chi connectivity index (χ0v) is 17.3. The number of hydrogen-bond acceptors (Lipinski definition) is 6. The van der Waals surface area contributed by atoms with Crippen molar-refractivity contribution in [2.24, 2.45) is 4.99 Å². The smallest absolute Gasteiger partial charge is 0.227 e. The van der Waals surface area contributed by atoms with Crippen LogP contribution in [0.2, 0.25) is 0 Å². The Bertz CT molecular complexity index is 1200. The number of nitrogens with zero attached hydrogens (tertiary/aromatic N) is 2. The predicted octanol–water partition coefficient (Wildman–Crippen LogP) is 5.73. The molecule has 29 heavy (non-hydrogen) atoms. The highest BCUT2D eigenvalue weighted by atomic mass is 79.9. The fourth-order valence-electron chi connectivity index (χ4n) is 2.85. The summed E-state index contributed by atoms with van der Waals surface area (Å²) in [6.07, 6.45) is 1.58. The number of ether oxygens (including phenoxy) is 2. The summed E-state index contributed by atoms with van der Waals surface area (Å²) < 4.78 is 17.0. The normalized spacial score (nSPS) is 11.3. The van der Waals surface area contributed by atoms with Gasteiger partial charge in [0.05, 0.1) is 19.9 Å². The summed E-state index contributed by atoms with van der Waals surface area (Å²) in [7, 11) is 3.13. The van der Waals surface area contributed by atoms with Crippen LogP contribution >= 0.6 is 15.9 Å². The third-order valence-corrected chi connectivity index (χ3v) is 4.81. The molecule has 3 aromatic carbocycles. The zero-order valence-electron chi connectivity index (χ0n) is 15.7. The summed E-state index contributed by atoms with van der Waals surface area (Å²) in [6, 6.07) is 16.4. The molecule has 1 aromatic heterocycles. The van der Waals surface area contributed by atoms with E-state index in [1.807, 2.05) is 42.5 Å². The molecule has 0 amide bonds. The van der Waals surface area contributed by atoms with E-state index in [1.54, 1.807) is 25.5 Å². The number of methoxy groups -OCH3 is 2. The Balaban J connectivity index is 1.64. The maximum atomic E-state index is 10.3. The molecule has 1 heterocycles. The standard InChI is InChI=1S/C22H17BrN2O4/c1-27-17-6-3-13(4-7-17)22-25-18-11-16(5-8-19(18)29-22)24-12-14-9-15(23)10-20(28-2)21(14)26/h3-12,26H,1-2H3. The first-order chi connectivity index (χ1) is 14.1. The van der Waals surface area contributed by atoms with Gasteiger partial charge in [-0.2, -0.15) is 0 Å². The summed E-state index contributed by atoms with van der Waals surface area (Å²) in [5, 5.41) is 10.3. The largest absolute Gasteiger partial charge is 0.504 e. The van der Waals surface area contributed by atoms with Crippen LogP contribution in [0.25, 0.3) is 22.6 Å². The minimum absolute atomic E-state index is 0.0313. The number of phenolic OH excluding ortho intramolecular Hbond substituents is 1. The van der Waals surface area contributed by atoms with Crippen LogP contribution in [0.5, 0.6) is 17.2 Å². The average molecular weight is 453 g/mol. The Morgan fingerprint density at radius 1 is 1.03 bits per heavy atom. The molecule has 0 radical (unpaired) electrons. The lowest BCUT2D eigenvalue weighted by Crippen LogP contribution is -1.89. The molecule has 0 aliphatic heterocycles. The molecule has 0 unspecified atom stereocenters. The maximum absolute atomic E-state index is 10.3. The Kier molecular flexibility index (Phi) is 5.22. The number of rotatable bonds is 5. The van der Waals surface area contributed by atoms with Gasteiger partial charge in [0.1, 0.15) is 11.3 Å². The number of aromatic nitrogens is 1. The third-order valence-electron chi connectivity index (χ3n) is 4.35. The first-order valence-corrected chi connectivity index (χ1v) is 9.52. The van der Waals surface area contributed by atoms with Crippen molar-refractivity contribution in [1.29, 1.82) is 0 Å². The van der Waals surface area contributed by atoms with E-state index >= 15 is 0 Å². The molecule has 0 saturated heterocycles. The predicted molar refractivity (Wildman–Crippen MR) is 116 cm³/mol. The van der Waals surface area contributed by atoms with E-state index in [2.05, 4.69) is 25.9 Å². The minimum atomic E-state index is 0.0313. The molecule has 0 aliphatic rings. The van der Waals surface area contributed by atoms with Gasteiger partial charge in [-0.25, -0.2) is 4.98 Å². The molecule has 0 fully saturated rings. The summed E-state index contributed by atoms with van der Waals surface area (Å²) in [5.74, 6) is 1.70. The van der Waals surface area contributed by atoms with Crippen molar-refractivity contribution in [3.8, 4) is 28.7 Å². The summed E-state index contributed by atoms with van der Waals surface area (Å²) in [5.41, 5.74) is 3.45. The Hall–Kier alpha value is -3.32. The van der Waals surface area contributed by atoms with Crippen LogP contribution in [0.4, 0.5) is 5.69 Å². The lowest BCUT2D eigenvalue weighted by Gasteiger charge is -2.06. The quantitative estimate of drug-likeness (QED) is 0.391. The lowest BCUT2D eigenvalue weighted by atomic mass is 10.2. The number of phenols is 1. The van der Waals surface area contributed by atoms with E-state index in [9.17, 15) is 5.11 Å². The fourth-order valence-corrected chi connectivity index (χ4v) is 3.30. The van der Waals surface area contributed by atoms with Gasteiger partial charge in [0.25, 0.3) is 0 Å². The monoisotopic (exact) mass is 452 g/mol. The summed E-state index contributed by atoms with van der Waals surface area (Å²) in [6.45, 7) is 0. The number of benzene rings is 3. The zero-order chi connectivity index (χ0) is 20.4. The molecule has 6 nitrogen and oxygen atoms in total. The molecule has 1 N–H and O–H groups in total. The maximum Gasteiger partial charge on any atom is 0.227 e. The SMILES string of the molecule is COc1ccc(-c2nc3cc(N=Cc4cc(Br)cc(OC)c4O)ccc3o2)cc1. The van der Waals surface area contributed by atoms with Gasteiger partial charge >= 0.3 is 0 Å². The number of hydrogen-bond donors (Lipinski definition) is 1. The Morgan fingerprint density at radius 3 is 2.55 bits per heavy atom. The van der Waals surface area contributed by atoms with E-state index in [0.717, 1.165) is 15.8 Å². The number of aromatic hydroxyl groups is 1. The van der Waals surface area contributed by atoms with E-state index in [4.69, 9.17) is 13.9 Å². The van der Waals surface area contributed by atoms with Crippen molar-refractivity contribution in [2.75, 3.05) is 14.2 Å². The van der Waals surface area contributed by atoms with Crippen LogP contribution in [-0.2, 0) is 0 Å². The summed E-state index contributed by atoms with van der Waals surface area (Å²) >= 11 is 3.40. The van der Waals surface area contributed by atoms with Gasteiger partial charge in [0.15, 0.2) is 17.1 Å². The van der Waals surface area contributed by atoms with Gasteiger partial charge in [-0.3, -0.25) is 4.99 Å². The fraction of sp³-hybridized carbons (Fsp3) is 0.0909. The van der Waals surface area contributed by atoms with Crippen LogP contribution in [0.3, 0.4) is 0 Å². The minimum Gasteiger partial charge on any atom is -0.504 e. The van der Waals surface area contributed by atoms with E-state index in [1.165, 1.54) is 7.11 Å². The van der Waals surface area contributed by atoms with Gasteiger partial charge in [0, 0.05) is 21.8 Å². The first kappa shape index (κ1) is 19.0. The number of aliphatic imine (C=N–C) groups is 1. The number of oxazole rings is 1. The lowest BCUT2D eigenvalue weighted by molar-refractivity contribution is 0.373. The van der Waals surface area contributed by atoms with Gasteiger partial charge in [-0.15, -0.1) is 0 Å². The van der Waals surface area contributed by atoms with Crippen molar-refractivity contribution in [3.05, 3.63) is 64.6 Å². The van der Waals surface area contributed by atoms with Crippen LogP contribution in [0.15, 0.2) is 68.5 Å². The van der Waals surface area contributed by atoms with E-state index in [0.29, 0.717) is 34.0 Å². The van der Waals surface area contributed by atoms with Gasteiger partial charge in [-0.1, -0.05) is 15.9 Å². The molecule has 0 aliphatic carbocycles. The molecule has 4 rings (SSSR count). The van der Waals surface area contributed by atoms with Gasteiger partial charge in [0.2, 0.25) is 5.89 Å². The highest BCUT2D eigenvalue weighted by Crippen LogP contribution is 2.33. The van der Waals surface area contributed by atoms with Gasteiger partial charge in [-0.05, 0) is 54.6 Å². The topological polar surface area (TPSA) is 77.1 Å². The highest BCUT2D eigenvalue weighted by molar-refractivity contribution is 9.10. The van der Waals surface area contributed by atoms with Gasteiger partial charge < -0.3 is 19.0 Å². The second-order valence-corrected chi connectivity index (χ2v) is 7.12. The van der Waals surface area contributed by atoms with Crippen molar-refractivity contribution in [3.63, 3.8) is 0 Å². The highest BCUT2D eigenvalue weighted by Gasteiger charge is 2.10. The van der Waals surface area contributed by atoms with E-state index < -0.39 is 0 Å². The second kappa shape index (κ2) is 7.97. The van der Waals surface area contributed by atoms with Crippen LogP contribution in [-0.4, -0.2) is 30.5 Å². The van der Waals surface area contributed by atoms with Crippen molar-refractivity contribution in [2.45, 2.75) is 0 Å². The van der Waals surface area contributed by atoms with Crippen LogP contribution < -0.4 is 9.47 Å². The second-order valence-electron chi connectivity index (χ2n) is 6.20. The molecule has 4 aromatic rings. The van der Waals surface area contributed by atoms with E-state index in [-0.39, 0.29) is 5.75 Å². The van der Waals surface area contributed by atoms with Crippen LogP contribution in [0.1, 0.15) is 5.56 Å². The molecule has 7 heteroatoms. The van der Waals surface area contributed by atoms with Crippen molar-refractivity contribution >= 4 is 38.9 Å². The number of halogens is 1. The Morgan fingerprint density at radius 2 is 1.83 bits per heavy atom. The summed E-state index contributed by atoms with van der Waals surface area (Å²) in [4.78, 5) is 9.00. The van der Waals surface area contributed by atoms with Crippen molar-refractivity contribution < 1.29 is 19.0 Å². The molecule has 146 valence electrons. The first-order valence-electron chi connectivity index (χ1n) is 8.73. The molecule has 0 atom stereocenters. The number of fused-ring (bicyclic) bond motifs is 1. The molecular weight excluding hydrogens is 436 g/mol. The van der Waals surface area contributed by atoms with Crippen molar-refractivity contribution in [1.82, 2.24) is 4.98 Å².